The van der Waals surface area contributed by atoms with Gasteiger partial charge in [0, 0.05) is 18.2 Å². The lowest BCUT2D eigenvalue weighted by Crippen LogP contribution is -2.48. The van der Waals surface area contributed by atoms with Gasteiger partial charge in [0.25, 0.3) is 5.91 Å². The Morgan fingerprint density at radius 3 is 2.50 bits per heavy atom. The van der Waals surface area contributed by atoms with Crippen LogP contribution >= 0.6 is 11.8 Å². The molecule has 218 valence electrons. The third-order valence-electron chi connectivity index (χ3n) is 7.82. The summed E-state index contributed by atoms with van der Waals surface area (Å²) >= 11 is 1.54. The molecule has 5 nitrogen and oxygen atoms in total. The van der Waals surface area contributed by atoms with Crippen LogP contribution in [0, 0.1) is 18.8 Å². The van der Waals surface area contributed by atoms with E-state index >= 15 is 0 Å². The van der Waals surface area contributed by atoms with Crippen LogP contribution in [0.25, 0.3) is 11.1 Å². The predicted molar refractivity (Wildman–Crippen MR) is 166 cm³/mol. The lowest BCUT2D eigenvalue weighted by molar-refractivity contribution is -0.308. The van der Waals surface area contributed by atoms with Gasteiger partial charge in [-0.25, -0.2) is 0 Å². The summed E-state index contributed by atoms with van der Waals surface area (Å²) in [6, 6.07) is 13.2. The second-order valence-corrected chi connectivity index (χ2v) is 12.6. The molecule has 2 aromatic rings. The molecule has 0 radical (unpaired) electrons. The Kier molecular flexibility index (Phi) is 13.3. The molecule has 2 aromatic carbocycles. The minimum Gasteiger partial charge on any atom is -0.548 e. The number of benzene rings is 2. The van der Waals surface area contributed by atoms with Crippen LogP contribution in [0.4, 0.5) is 0 Å². The number of nitrogens with one attached hydrogen (secondary N) is 2. The van der Waals surface area contributed by atoms with Crippen LogP contribution in [0.15, 0.2) is 54.6 Å². The van der Waals surface area contributed by atoms with Gasteiger partial charge in [0.2, 0.25) is 0 Å². The summed E-state index contributed by atoms with van der Waals surface area (Å²) in [5.74, 6) is 0.391. The van der Waals surface area contributed by atoms with Gasteiger partial charge in [-0.3, -0.25) is 4.79 Å². The molecule has 0 aromatic heterocycles. The normalized spacial score (nSPS) is 15.8. The molecule has 1 fully saturated rings. The average Bonchev–Trinajstić information content (AvgIpc) is 2.94. The number of carbonyl (C=O) groups excluding carboxylic acids is 2. The monoisotopic (exact) mass is 563 g/mol. The minimum atomic E-state index is -1.25. The van der Waals surface area contributed by atoms with Crippen LogP contribution in [-0.2, 0) is 11.3 Å². The summed E-state index contributed by atoms with van der Waals surface area (Å²) in [4.78, 5) is 25.1. The highest BCUT2D eigenvalue weighted by atomic mass is 32.2. The van der Waals surface area contributed by atoms with Gasteiger partial charge in [-0.1, -0.05) is 88.4 Å². The van der Waals surface area contributed by atoms with Crippen molar-refractivity contribution >= 4 is 23.6 Å². The molecule has 0 aliphatic heterocycles. The summed E-state index contributed by atoms with van der Waals surface area (Å²) in [7, 11) is 0. The Morgan fingerprint density at radius 2 is 1.82 bits per heavy atom. The third-order valence-corrected chi connectivity index (χ3v) is 8.46. The highest BCUT2D eigenvalue weighted by molar-refractivity contribution is 7.98. The second-order valence-electron chi connectivity index (χ2n) is 11.6. The van der Waals surface area contributed by atoms with Crippen LogP contribution in [0.5, 0.6) is 0 Å². The molecule has 0 spiro atoms. The van der Waals surface area contributed by atoms with Gasteiger partial charge in [0.15, 0.2) is 0 Å². The summed E-state index contributed by atoms with van der Waals surface area (Å²) in [6.45, 7) is 7.22. The van der Waals surface area contributed by atoms with E-state index in [1.165, 1.54) is 32.1 Å². The molecule has 3 rings (SSSR count). The number of hydrogen-bond acceptors (Lipinski definition) is 5. The molecule has 1 aliphatic rings. The van der Waals surface area contributed by atoms with Gasteiger partial charge < -0.3 is 20.5 Å². The number of rotatable bonds is 15. The molecule has 0 bridgehead atoms. The van der Waals surface area contributed by atoms with Crippen molar-refractivity contribution < 1.29 is 14.7 Å². The lowest BCUT2D eigenvalue weighted by Gasteiger charge is -2.26. The molecule has 40 heavy (non-hydrogen) atoms. The SMILES string of the molecule is CSCC[C@H](NC(=O)c1ccc(CN[C@H](/C=C/CC(C)C)CC2CCCCC2)cc1-c1ccccc1C)C(=O)[O-]. The maximum Gasteiger partial charge on any atom is 0.252 e. The van der Waals surface area contributed by atoms with E-state index in [2.05, 4.69) is 42.7 Å². The highest BCUT2D eigenvalue weighted by Crippen LogP contribution is 2.30. The molecular formula is C34H47N2O3S-. The zero-order chi connectivity index (χ0) is 28.9. The van der Waals surface area contributed by atoms with Crippen molar-refractivity contribution in [2.75, 3.05) is 12.0 Å². The van der Waals surface area contributed by atoms with E-state index < -0.39 is 12.0 Å². The van der Waals surface area contributed by atoms with E-state index in [0.717, 1.165) is 41.0 Å². The molecule has 1 amide bonds. The number of thioether (sulfide) groups is 1. The van der Waals surface area contributed by atoms with Crippen molar-refractivity contribution in [1.82, 2.24) is 10.6 Å². The number of hydrogen-bond donors (Lipinski definition) is 2. The highest BCUT2D eigenvalue weighted by Gasteiger charge is 2.20. The Morgan fingerprint density at radius 1 is 1.07 bits per heavy atom. The van der Waals surface area contributed by atoms with Gasteiger partial charge in [-0.05, 0) is 84.4 Å². The maximum atomic E-state index is 13.4. The van der Waals surface area contributed by atoms with E-state index in [-0.39, 0.29) is 5.91 Å². The molecule has 2 N–H and O–H groups in total. The maximum absolute atomic E-state index is 13.4. The quantitative estimate of drug-likeness (QED) is 0.249. The Labute approximate surface area is 245 Å². The number of aliphatic carboxylic acids is 1. The van der Waals surface area contributed by atoms with E-state index in [4.69, 9.17) is 0 Å². The average molecular weight is 564 g/mol. The van der Waals surface area contributed by atoms with Crippen molar-refractivity contribution in [3.63, 3.8) is 0 Å². The number of carboxylic acids is 1. The van der Waals surface area contributed by atoms with Crippen molar-refractivity contribution in [3.05, 3.63) is 71.3 Å². The van der Waals surface area contributed by atoms with E-state index in [1.54, 1.807) is 11.8 Å². The number of aryl methyl sites for hydroxylation is 1. The fraction of sp³-hybridized carbons (Fsp3) is 0.529. The Balaban J connectivity index is 1.84. The van der Waals surface area contributed by atoms with E-state index in [1.807, 2.05) is 49.6 Å². The summed E-state index contributed by atoms with van der Waals surface area (Å²) in [6.07, 6.45) is 15.8. The van der Waals surface area contributed by atoms with Crippen LogP contribution in [0.2, 0.25) is 0 Å². The van der Waals surface area contributed by atoms with Crippen molar-refractivity contribution in [1.29, 1.82) is 0 Å². The first-order valence-electron chi connectivity index (χ1n) is 14.9. The molecule has 6 heteroatoms. The number of amides is 1. The van der Waals surface area contributed by atoms with E-state index in [0.29, 0.717) is 36.2 Å². The standard InChI is InChI=1S/C34H48N2O3S/c1-24(2)11-10-15-28(21-26-13-6-5-7-14-26)35-23-27-17-18-30(31(22-27)29-16-9-8-12-25(29)3)33(37)36-32(34(38)39)19-20-40-4/h8-10,12,15-18,22,24,26,28,32,35H,5-7,11,13-14,19-21,23H2,1-4H3,(H,36,37)(H,38,39)/p-1/b15-10+/t28-,32+/m1/s1. The smallest absolute Gasteiger partial charge is 0.252 e. The van der Waals surface area contributed by atoms with Gasteiger partial charge in [-0.2, -0.15) is 11.8 Å². The minimum absolute atomic E-state index is 0.312. The molecule has 0 heterocycles. The zero-order valence-electron chi connectivity index (χ0n) is 24.7. The van der Waals surface area contributed by atoms with Crippen LogP contribution < -0.4 is 15.7 Å². The van der Waals surface area contributed by atoms with Crippen molar-refractivity contribution in [2.45, 2.75) is 90.8 Å². The van der Waals surface area contributed by atoms with Crippen molar-refractivity contribution in [3.8, 4) is 11.1 Å². The Bertz CT molecular complexity index is 1120. The van der Waals surface area contributed by atoms with Gasteiger partial charge in [0.1, 0.15) is 0 Å². The number of carbonyl (C=O) groups is 2. The molecule has 0 saturated heterocycles. The van der Waals surface area contributed by atoms with Crippen LogP contribution in [-0.4, -0.2) is 36.0 Å². The third kappa shape index (κ3) is 10.1. The molecular weight excluding hydrogens is 516 g/mol. The summed E-state index contributed by atoms with van der Waals surface area (Å²) in [5, 5.41) is 18.2. The lowest BCUT2D eigenvalue weighted by atomic mass is 9.84. The van der Waals surface area contributed by atoms with Crippen LogP contribution in [0.1, 0.15) is 86.7 Å². The molecule has 2 atom stereocenters. The largest absolute Gasteiger partial charge is 0.548 e. The molecule has 1 aliphatic carbocycles. The second kappa shape index (κ2) is 16.6. The zero-order valence-corrected chi connectivity index (χ0v) is 25.5. The first-order valence-corrected chi connectivity index (χ1v) is 16.3. The predicted octanol–water partition coefficient (Wildman–Crippen LogP) is 6.29. The first kappa shape index (κ1) is 32.0. The van der Waals surface area contributed by atoms with Crippen molar-refractivity contribution in [2.24, 2.45) is 11.8 Å². The molecule has 0 unspecified atom stereocenters. The van der Waals surface area contributed by atoms with Gasteiger partial charge in [0.05, 0.1) is 12.0 Å². The number of allylic oxidation sites excluding steroid dienone is 1. The Hall–Kier alpha value is -2.57. The summed E-state index contributed by atoms with van der Waals surface area (Å²) in [5.41, 5.74) is 4.42. The van der Waals surface area contributed by atoms with Gasteiger partial charge in [-0.15, -0.1) is 0 Å². The summed E-state index contributed by atoms with van der Waals surface area (Å²) < 4.78 is 0. The first-order chi connectivity index (χ1) is 19.3. The van der Waals surface area contributed by atoms with Gasteiger partial charge >= 0.3 is 0 Å². The van der Waals surface area contributed by atoms with E-state index in [9.17, 15) is 14.7 Å². The number of carboxylic acid groups (broad SMARTS) is 1. The fourth-order valence-electron chi connectivity index (χ4n) is 5.49. The fourth-order valence-corrected chi connectivity index (χ4v) is 5.97. The topological polar surface area (TPSA) is 81.3 Å². The molecule has 1 saturated carbocycles. The van der Waals surface area contributed by atoms with Crippen LogP contribution in [0.3, 0.4) is 0 Å².